The number of anilines is 1. The molecule has 4 heteroatoms. The second-order valence-corrected chi connectivity index (χ2v) is 4.25. The molecule has 0 spiro atoms. The Balaban J connectivity index is 2.18. The van der Waals surface area contributed by atoms with Gasteiger partial charge in [-0.2, -0.15) is 0 Å². The number of carbonyl (C=O) groups is 1. The summed E-state index contributed by atoms with van der Waals surface area (Å²) in [6.45, 7) is 2.44. The molecule has 0 fully saturated rings. The largest absolute Gasteiger partial charge is 0.449 e. The molecule has 0 unspecified atom stereocenters. The number of nitrogens with one attached hydrogen (secondary N) is 1. The molecule has 17 heavy (non-hydrogen) atoms. The Morgan fingerprint density at radius 1 is 1.24 bits per heavy atom. The number of hydrogen-bond donors (Lipinski definition) is 1. The molecule has 0 bridgehead atoms. The minimum atomic E-state index is -0.403. The van der Waals surface area contributed by atoms with Crippen LogP contribution < -0.4 is 5.32 Å². The van der Waals surface area contributed by atoms with Crippen LogP contribution in [0.4, 0.5) is 10.5 Å². The van der Waals surface area contributed by atoms with E-state index in [-0.39, 0.29) is 0 Å². The molecule has 0 saturated carbocycles. The van der Waals surface area contributed by atoms with Crippen molar-refractivity contribution in [3.8, 4) is 0 Å². The number of carbonyl (C=O) groups excluding carboxylic acids is 1. The summed E-state index contributed by atoms with van der Waals surface area (Å²) in [5.74, 6) is 0.662. The summed E-state index contributed by atoms with van der Waals surface area (Å²) >= 11 is 5.54. The number of ether oxygens (including phenoxy) is 1. The Morgan fingerprint density at radius 2 is 1.94 bits per heavy atom. The van der Waals surface area contributed by atoms with Crippen LogP contribution in [-0.4, -0.2) is 18.6 Å². The highest BCUT2D eigenvalue weighted by molar-refractivity contribution is 6.17. The van der Waals surface area contributed by atoms with Gasteiger partial charge in [-0.15, -0.1) is 11.6 Å². The van der Waals surface area contributed by atoms with Gasteiger partial charge in [0, 0.05) is 11.6 Å². The first kappa shape index (κ1) is 13.8. The van der Waals surface area contributed by atoms with Crippen molar-refractivity contribution in [3.63, 3.8) is 0 Å². The molecular formula is C13H18ClNO2. The predicted octanol–water partition coefficient (Wildman–Crippen LogP) is 3.95. The van der Waals surface area contributed by atoms with Crippen molar-refractivity contribution in [3.05, 3.63) is 29.8 Å². The lowest BCUT2D eigenvalue weighted by atomic mass is 10.2. The number of aryl methyl sites for hydroxylation is 1. The van der Waals surface area contributed by atoms with Gasteiger partial charge in [-0.05, 0) is 38.3 Å². The molecule has 0 heterocycles. The van der Waals surface area contributed by atoms with E-state index in [0.717, 1.165) is 30.5 Å². The van der Waals surface area contributed by atoms with E-state index in [1.54, 1.807) is 0 Å². The summed E-state index contributed by atoms with van der Waals surface area (Å²) in [6, 6.07) is 7.58. The second-order valence-electron chi connectivity index (χ2n) is 3.88. The van der Waals surface area contributed by atoms with Gasteiger partial charge in [-0.1, -0.05) is 17.7 Å². The fourth-order valence-corrected chi connectivity index (χ4v) is 1.52. The lowest BCUT2D eigenvalue weighted by Crippen LogP contribution is -2.14. The zero-order chi connectivity index (χ0) is 12.5. The van der Waals surface area contributed by atoms with Crippen LogP contribution >= 0.6 is 11.6 Å². The van der Waals surface area contributed by atoms with E-state index in [1.807, 2.05) is 31.2 Å². The molecule has 0 saturated heterocycles. The SMILES string of the molecule is Cc1ccc(NC(=O)OCCCCCCl)cc1. The minimum Gasteiger partial charge on any atom is -0.449 e. The van der Waals surface area contributed by atoms with E-state index in [0.29, 0.717) is 12.5 Å². The second kappa shape index (κ2) is 7.96. The highest BCUT2D eigenvalue weighted by Gasteiger charge is 2.02. The van der Waals surface area contributed by atoms with Gasteiger partial charge in [0.1, 0.15) is 0 Å². The van der Waals surface area contributed by atoms with Crippen LogP contribution in [0.15, 0.2) is 24.3 Å². The fourth-order valence-electron chi connectivity index (χ4n) is 1.33. The molecule has 1 N–H and O–H groups in total. The molecule has 1 rings (SSSR count). The molecule has 3 nitrogen and oxygen atoms in total. The molecule has 0 aliphatic carbocycles. The van der Waals surface area contributed by atoms with Gasteiger partial charge in [0.05, 0.1) is 6.61 Å². The van der Waals surface area contributed by atoms with Crippen LogP contribution in [0.1, 0.15) is 24.8 Å². The molecule has 1 aromatic rings. The number of alkyl halides is 1. The van der Waals surface area contributed by atoms with Crippen molar-refractivity contribution >= 4 is 23.4 Å². The summed E-state index contributed by atoms with van der Waals surface area (Å²) in [6.07, 6.45) is 2.40. The lowest BCUT2D eigenvalue weighted by molar-refractivity contribution is 0.159. The maximum atomic E-state index is 11.4. The normalized spacial score (nSPS) is 10.0. The van der Waals surface area contributed by atoms with Crippen molar-refractivity contribution in [1.29, 1.82) is 0 Å². The summed E-state index contributed by atoms with van der Waals surface area (Å²) < 4.78 is 5.03. The van der Waals surface area contributed by atoms with Crippen molar-refractivity contribution in [1.82, 2.24) is 0 Å². The van der Waals surface area contributed by atoms with Crippen molar-refractivity contribution in [2.75, 3.05) is 17.8 Å². The molecule has 94 valence electrons. The maximum absolute atomic E-state index is 11.4. The first-order valence-electron chi connectivity index (χ1n) is 5.79. The Bertz CT molecular complexity index is 338. The number of hydrogen-bond acceptors (Lipinski definition) is 2. The number of unbranched alkanes of at least 4 members (excludes halogenated alkanes) is 2. The molecule has 0 atom stereocenters. The van der Waals surface area contributed by atoms with E-state index in [1.165, 1.54) is 0 Å². The summed E-state index contributed by atoms with van der Waals surface area (Å²) in [4.78, 5) is 11.4. The third-order valence-corrected chi connectivity index (χ3v) is 2.58. The van der Waals surface area contributed by atoms with E-state index < -0.39 is 6.09 Å². The average Bonchev–Trinajstić information content (AvgIpc) is 2.32. The highest BCUT2D eigenvalue weighted by Crippen LogP contribution is 2.09. The van der Waals surface area contributed by atoms with E-state index >= 15 is 0 Å². The number of amides is 1. The third kappa shape index (κ3) is 6.17. The van der Waals surface area contributed by atoms with Gasteiger partial charge in [-0.25, -0.2) is 4.79 Å². The number of halogens is 1. The van der Waals surface area contributed by atoms with Crippen LogP contribution in [0.2, 0.25) is 0 Å². The quantitative estimate of drug-likeness (QED) is 0.617. The van der Waals surface area contributed by atoms with E-state index in [4.69, 9.17) is 16.3 Å². The maximum Gasteiger partial charge on any atom is 0.411 e. The molecule has 0 aliphatic heterocycles. The van der Waals surface area contributed by atoms with Crippen LogP contribution in [0.5, 0.6) is 0 Å². The molecule has 0 aliphatic rings. The van der Waals surface area contributed by atoms with Crippen molar-refractivity contribution in [2.45, 2.75) is 26.2 Å². The van der Waals surface area contributed by atoms with E-state index in [2.05, 4.69) is 5.32 Å². The molecular weight excluding hydrogens is 238 g/mol. The standard InChI is InChI=1S/C13H18ClNO2/c1-11-5-7-12(8-6-11)15-13(16)17-10-4-2-3-9-14/h5-8H,2-4,9-10H2,1H3,(H,15,16). The summed E-state index contributed by atoms with van der Waals surface area (Å²) in [5.41, 5.74) is 1.91. The van der Waals surface area contributed by atoms with Crippen LogP contribution in [0.3, 0.4) is 0 Å². The van der Waals surface area contributed by atoms with Crippen LogP contribution in [0, 0.1) is 6.92 Å². The summed E-state index contributed by atoms with van der Waals surface area (Å²) in [7, 11) is 0. The van der Waals surface area contributed by atoms with Gasteiger partial charge < -0.3 is 4.74 Å². The third-order valence-electron chi connectivity index (χ3n) is 2.31. The number of rotatable bonds is 6. The molecule has 1 amide bonds. The fraction of sp³-hybridized carbons (Fsp3) is 0.462. The van der Waals surface area contributed by atoms with Gasteiger partial charge in [0.2, 0.25) is 0 Å². The topological polar surface area (TPSA) is 38.3 Å². The van der Waals surface area contributed by atoms with Crippen molar-refractivity contribution in [2.24, 2.45) is 0 Å². The minimum absolute atomic E-state index is 0.403. The molecule has 0 aromatic heterocycles. The van der Waals surface area contributed by atoms with Crippen LogP contribution in [-0.2, 0) is 4.74 Å². The monoisotopic (exact) mass is 255 g/mol. The number of benzene rings is 1. The molecule has 0 radical (unpaired) electrons. The molecule has 1 aromatic carbocycles. The van der Waals surface area contributed by atoms with Gasteiger partial charge in [0.15, 0.2) is 0 Å². The Labute approximate surface area is 107 Å². The zero-order valence-corrected chi connectivity index (χ0v) is 10.8. The lowest BCUT2D eigenvalue weighted by Gasteiger charge is -2.06. The average molecular weight is 256 g/mol. The smallest absolute Gasteiger partial charge is 0.411 e. The first-order chi connectivity index (χ1) is 8.22. The Morgan fingerprint density at radius 3 is 2.59 bits per heavy atom. The summed E-state index contributed by atoms with van der Waals surface area (Å²) in [5, 5.41) is 2.67. The van der Waals surface area contributed by atoms with Gasteiger partial charge >= 0.3 is 6.09 Å². The predicted molar refractivity (Wildman–Crippen MR) is 70.7 cm³/mol. The van der Waals surface area contributed by atoms with Gasteiger partial charge in [-0.3, -0.25) is 5.32 Å². The van der Waals surface area contributed by atoms with E-state index in [9.17, 15) is 4.79 Å². The highest BCUT2D eigenvalue weighted by atomic mass is 35.5. The van der Waals surface area contributed by atoms with Crippen molar-refractivity contribution < 1.29 is 9.53 Å². The zero-order valence-electron chi connectivity index (χ0n) is 10.0. The van der Waals surface area contributed by atoms with Gasteiger partial charge in [0.25, 0.3) is 0 Å². The Kier molecular flexibility index (Phi) is 6.48. The first-order valence-corrected chi connectivity index (χ1v) is 6.32. The Hall–Kier alpha value is -1.22. The van der Waals surface area contributed by atoms with Crippen LogP contribution in [0.25, 0.3) is 0 Å².